The van der Waals surface area contributed by atoms with Crippen molar-refractivity contribution in [1.29, 1.82) is 0 Å². The summed E-state index contributed by atoms with van der Waals surface area (Å²) in [5.74, 6) is -0.498. The molecule has 2 atom stereocenters. The SMILES string of the molecule is CC(CC(C)(N)C(N)=O)OC(C)(C)C. The van der Waals surface area contributed by atoms with Crippen molar-refractivity contribution in [2.45, 2.75) is 58.3 Å². The molecule has 2 unspecified atom stereocenters. The van der Waals surface area contributed by atoms with E-state index in [1.54, 1.807) is 6.92 Å². The highest BCUT2D eigenvalue weighted by Crippen LogP contribution is 2.17. The Balaban J connectivity index is 4.19. The molecule has 0 bridgehead atoms. The number of primary amides is 1. The molecule has 0 spiro atoms. The van der Waals surface area contributed by atoms with Gasteiger partial charge >= 0.3 is 0 Å². The normalized spacial score (nSPS) is 18.7. The van der Waals surface area contributed by atoms with E-state index in [0.717, 1.165) is 0 Å². The van der Waals surface area contributed by atoms with Crippen molar-refractivity contribution in [2.75, 3.05) is 0 Å². The summed E-state index contributed by atoms with van der Waals surface area (Å²) in [6.45, 7) is 9.39. The van der Waals surface area contributed by atoms with E-state index in [0.29, 0.717) is 6.42 Å². The molecule has 14 heavy (non-hydrogen) atoms. The molecule has 0 aromatic heterocycles. The molecular formula is C10H22N2O2. The van der Waals surface area contributed by atoms with E-state index in [9.17, 15) is 4.79 Å². The molecule has 0 radical (unpaired) electrons. The molecular weight excluding hydrogens is 180 g/mol. The van der Waals surface area contributed by atoms with Gasteiger partial charge in [-0.2, -0.15) is 0 Å². The van der Waals surface area contributed by atoms with Crippen LogP contribution >= 0.6 is 0 Å². The molecule has 0 aromatic carbocycles. The molecule has 0 rings (SSSR count). The number of carbonyl (C=O) groups is 1. The van der Waals surface area contributed by atoms with Gasteiger partial charge in [-0.25, -0.2) is 0 Å². The molecule has 4 nitrogen and oxygen atoms in total. The summed E-state index contributed by atoms with van der Waals surface area (Å²) in [4.78, 5) is 11.0. The van der Waals surface area contributed by atoms with Crippen molar-refractivity contribution in [1.82, 2.24) is 0 Å². The Labute approximate surface area is 86.0 Å². The monoisotopic (exact) mass is 202 g/mol. The molecule has 0 heterocycles. The molecule has 4 heteroatoms. The van der Waals surface area contributed by atoms with Gasteiger partial charge < -0.3 is 16.2 Å². The fraction of sp³-hybridized carbons (Fsp3) is 0.900. The fourth-order valence-corrected chi connectivity index (χ4v) is 1.34. The molecule has 0 fully saturated rings. The zero-order chi connectivity index (χ0) is 11.6. The van der Waals surface area contributed by atoms with Crippen molar-refractivity contribution in [2.24, 2.45) is 11.5 Å². The standard InChI is InChI=1S/C10H22N2O2/c1-7(14-9(2,3)4)6-10(5,12)8(11)13/h7H,6,12H2,1-5H3,(H2,11,13). The second-order valence-electron chi connectivity index (χ2n) is 5.03. The maximum absolute atomic E-state index is 11.0. The zero-order valence-electron chi connectivity index (χ0n) is 9.76. The van der Waals surface area contributed by atoms with Gasteiger partial charge in [-0.05, 0) is 41.0 Å². The number of amides is 1. The lowest BCUT2D eigenvalue weighted by Gasteiger charge is -2.30. The third-order valence-electron chi connectivity index (χ3n) is 1.83. The Morgan fingerprint density at radius 3 is 2.07 bits per heavy atom. The van der Waals surface area contributed by atoms with Crippen LogP contribution in [0, 0.1) is 0 Å². The highest BCUT2D eigenvalue weighted by Gasteiger charge is 2.29. The highest BCUT2D eigenvalue weighted by atomic mass is 16.5. The van der Waals surface area contributed by atoms with Gasteiger partial charge in [0, 0.05) is 0 Å². The van der Waals surface area contributed by atoms with Gasteiger partial charge in [0.1, 0.15) is 0 Å². The summed E-state index contributed by atoms with van der Waals surface area (Å²) in [6.07, 6.45) is 0.345. The Morgan fingerprint density at radius 1 is 1.36 bits per heavy atom. The van der Waals surface area contributed by atoms with Gasteiger partial charge in [0.2, 0.25) is 5.91 Å². The second kappa shape index (κ2) is 4.28. The molecule has 0 saturated heterocycles. The van der Waals surface area contributed by atoms with Gasteiger partial charge in [-0.3, -0.25) is 4.79 Å². The maximum atomic E-state index is 11.0. The van der Waals surface area contributed by atoms with Crippen molar-refractivity contribution in [3.8, 4) is 0 Å². The summed E-state index contributed by atoms with van der Waals surface area (Å²) in [5, 5.41) is 0. The van der Waals surface area contributed by atoms with Gasteiger partial charge in [-0.15, -0.1) is 0 Å². The van der Waals surface area contributed by atoms with Crippen LogP contribution < -0.4 is 11.5 Å². The largest absolute Gasteiger partial charge is 0.373 e. The number of carbonyl (C=O) groups excluding carboxylic acids is 1. The van der Waals surface area contributed by atoms with Crippen LogP contribution in [-0.2, 0) is 9.53 Å². The van der Waals surface area contributed by atoms with Crippen LogP contribution in [-0.4, -0.2) is 23.2 Å². The molecule has 84 valence electrons. The number of hydrogen-bond acceptors (Lipinski definition) is 3. The topological polar surface area (TPSA) is 78.3 Å². The summed E-state index contributed by atoms with van der Waals surface area (Å²) >= 11 is 0. The number of nitrogens with two attached hydrogens (primary N) is 2. The van der Waals surface area contributed by atoms with Gasteiger partial charge in [0.15, 0.2) is 0 Å². The Kier molecular flexibility index (Phi) is 4.09. The van der Waals surface area contributed by atoms with Crippen LogP contribution in [0.3, 0.4) is 0 Å². The van der Waals surface area contributed by atoms with E-state index < -0.39 is 11.4 Å². The fourth-order valence-electron chi connectivity index (χ4n) is 1.34. The summed E-state index contributed by atoms with van der Waals surface area (Å²) in [6, 6.07) is 0. The number of rotatable bonds is 4. The number of ether oxygens (including phenoxy) is 1. The van der Waals surface area contributed by atoms with Crippen molar-refractivity contribution in [3.63, 3.8) is 0 Å². The summed E-state index contributed by atoms with van der Waals surface area (Å²) in [5.41, 5.74) is 9.66. The Morgan fingerprint density at radius 2 is 1.79 bits per heavy atom. The Hall–Kier alpha value is -0.610. The quantitative estimate of drug-likeness (QED) is 0.707. The molecule has 0 aromatic rings. The first-order valence-corrected chi connectivity index (χ1v) is 4.81. The Bertz CT molecular complexity index is 207. The summed E-state index contributed by atoms with van der Waals surface area (Å²) in [7, 11) is 0. The minimum atomic E-state index is -0.995. The first-order valence-electron chi connectivity index (χ1n) is 4.81. The van der Waals surface area contributed by atoms with E-state index in [4.69, 9.17) is 16.2 Å². The van der Waals surface area contributed by atoms with Gasteiger partial charge in [-0.1, -0.05) is 0 Å². The predicted molar refractivity (Wildman–Crippen MR) is 56.7 cm³/mol. The van der Waals surface area contributed by atoms with Crippen LogP contribution in [0.4, 0.5) is 0 Å². The van der Waals surface area contributed by atoms with Gasteiger partial charge in [0.05, 0.1) is 17.2 Å². The molecule has 1 amide bonds. The minimum Gasteiger partial charge on any atom is -0.373 e. The smallest absolute Gasteiger partial charge is 0.237 e. The lowest BCUT2D eigenvalue weighted by Crippen LogP contribution is -2.51. The van der Waals surface area contributed by atoms with Crippen molar-refractivity contribution >= 4 is 5.91 Å². The van der Waals surface area contributed by atoms with Crippen molar-refractivity contribution < 1.29 is 9.53 Å². The second-order valence-corrected chi connectivity index (χ2v) is 5.03. The molecule has 0 aliphatic rings. The third kappa shape index (κ3) is 5.19. The van der Waals surface area contributed by atoms with Crippen molar-refractivity contribution in [3.05, 3.63) is 0 Å². The third-order valence-corrected chi connectivity index (χ3v) is 1.83. The summed E-state index contributed by atoms with van der Waals surface area (Å²) < 4.78 is 5.64. The highest BCUT2D eigenvalue weighted by molar-refractivity contribution is 5.83. The van der Waals surface area contributed by atoms with Crippen LogP contribution in [0.15, 0.2) is 0 Å². The van der Waals surface area contributed by atoms with E-state index in [1.807, 2.05) is 27.7 Å². The first kappa shape index (κ1) is 13.4. The lowest BCUT2D eigenvalue weighted by molar-refractivity contribution is -0.125. The van der Waals surface area contributed by atoms with E-state index >= 15 is 0 Å². The molecule has 0 aliphatic heterocycles. The van der Waals surface area contributed by atoms with Gasteiger partial charge in [0.25, 0.3) is 0 Å². The molecule has 0 saturated carbocycles. The van der Waals surface area contributed by atoms with Crippen LogP contribution in [0.2, 0.25) is 0 Å². The average molecular weight is 202 g/mol. The van der Waals surface area contributed by atoms with E-state index in [-0.39, 0.29) is 11.7 Å². The number of hydrogen-bond donors (Lipinski definition) is 2. The van der Waals surface area contributed by atoms with Crippen LogP contribution in [0.1, 0.15) is 41.0 Å². The van der Waals surface area contributed by atoms with E-state index in [2.05, 4.69) is 0 Å². The average Bonchev–Trinajstić information content (AvgIpc) is 1.79. The molecule has 0 aliphatic carbocycles. The predicted octanol–water partition coefficient (Wildman–Crippen LogP) is 0.783. The van der Waals surface area contributed by atoms with E-state index in [1.165, 1.54) is 0 Å². The minimum absolute atomic E-state index is 0.0856. The van der Waals surface area contributed by atoms with Crippen LogP contribution in [0.25, 0.3) is 0 Å². The first-order chi connectivity index (χ1) is 6.04. The van der Waals surface area contributed by atoms with Crippen LogP contribution in [0.5, 0.6) is 0 Å². The lowest BCUT2D eigenvalue weighted by atomic mass is 9.95. The zero-order valence-corrected chi connectivity index (χ0v) is 9.76. The maximum Gasteiger partial charge on any atom is 0.237 e. The molecule has 4 N–H and O–H groups in total.